The maximum Gasteiger partial charge on any atom is 0.266 e. The van der Waals surface area contributed by atoms with Crippen LogP contribution in [0.1, 0.15) is 26.3 Å². The Morgan fingerprint density at radius 1 is 1.28 bits per heavy atom. The highest BCUT2D eigenvalue weighted by Gasteiger charge is 2.19. The third kappa shape index (κ3) is 3.96. The van der Waals surface area contributed by atoms with E-state index in [9.17, 15) is 9.59 Å². The first-order valence-electron chi connectivity index (χ1n) is 7.80. The first-order valence-corrected chi connectivity index (χ1v) is 8.99. The topological polar surface area (TPSA) is 68.4 Å². The number of rotatable bonds is 2. The van der Waals surface area contributed by atoms with Crippen LogP contribution >= 0.6 is 22.9 Å². The molecule has 132 valence electrons. The molecule has 1 aliphatic rings. The van der Waals surface area contributed by atoms with E-state index in [1.165, 1.54) is 17.4 Å². The van der Waals surface area contributed by atoms with Gasteiger partial charge in [0, 0.05) is 11.5 Å². The molecular formula is C18H18ClNO4S. The maximum absolute atomic E-state index is 12.2. The Morgan fingerprint density at radius 3 is 2.72 bits per heavy atom. The number of aromatic nitrogens is 1. The molecule has 0 saturated carbocycles. The van der Waals surface area contributed by atoms with Crippen LogP contribution in [0.25, 0.3) is 12.2 Å². The van der Waals surface area contributed by atoms with Crippen molar-refractivity contribution < 1.29 is 14.3 Å². The van der Waals surface area contributed by atoms with E-state index in [1.807, 2.05) is 20.8 Å². The second-order valence-corrected chi connectivity index (χ2v) is 8.21. The zero-order valence-corrected chi connectivity index (χ0v) is 15.7. The van der Waals surface area contributed by atoms with Crippen LogP contribution in [0.3, 0.4) is 0 Å². The molecule has 25 heavy (non-hydrogen) atoms. The van der Waals surface area contributed by atoms with Gasteiger partial charge in [0.05, 0.1) is 14.2 Å². The summed E-state index contributed by atoms with van der Waals surface area (Å²) in [6.07, 6.45) is 3.19. The van der Waals surface area contributed by atoms with E-state index in [1.54, 1.807) is 18.2 Å². The Balaban J connectivity index is 2.03. The summed E-state index contributed by atoms with van der Waals surface area (Å²) < 4.78 is 12.0. The third-order valence-corrected chi connectivity index (χ3v) is 4.84. The molecule has 1 aromatic heterocycles. The second kappa shape index (κ2) is 6.69. The van der Waals surface area contributed by atoms with E-state index in [2.05, 4.69) is 4.98 Å². The number of fused-ring (bicyclic) bond motifs is 1. The number of carbonyl (C=O) groups is 1. The van der Waals surface area contributed by atoms with Crippen molar-refractivity contribution in [1.82, 2.24) is 4.98 Å². The number of nitrogens with one attached hydrogen (secondary N) is 1. The van der Waals surface area contributed by atoms with Crippen molar-refractivity contribution in [2.75, 3.05) is 13.2 Å². The lowest BCUT2D eigenvalue weighted by Crippen LogP contribution is -2.22. The fraction of sp³-hybridized carbons (Fsp3) is 0.333. The Kier molecular flexibility index (Phi) is 4.75. The minimum atomic E-state index is -0.492. The number of thiazole rings is 1. The summed E-state index contributed by atoms with van der Waals surface area (Å²) >= 11 is 7.45. The number of aromatic amines is 1. The predicted octanol–water partition coefficient (Wildman–Crippen LogP) is 2.09. The summed E-state index contributed by atoms with van der Waals surface area (Å²) in [5.74, 6) is 1.04. The molecule has 1 aliphatic heterocycles. The fourth-order valence-corrected chi connectivity index (χ4v) is 3.38. The van der Waals surface area contributed by atoms with E-state index in [4.69, 9.17) is 21.1 Å². The fourth-order valence-electron chi connectivity index (χ4n) is 2.23. The quantitative estimate of drug-likeness (QED) is 0.867. The van der Waals surface area contributed by atoms with Gasteiger partial charge < -0.3 is 14.5 Å². The van der Waals surface area contributed by atoms with Crippen LogP contribution in [-0.4, -0.2) is 24.0 Å². The van der Waals surface area contributed by atoms with Gasteiger partial charge in [-0.15, -0.1) is 11.3 Å². The minimum Gasteiger partial charge on any atom is -0.486 e. The SMILES string of the molecule is CC(C)(C)C(=O)/C=c1\[nH]c(=O)/c(=C\c2cc(Cl)c3c(c2)OCCO3)s1. The van der Waals surface area contributed by atoms with E-state index in [-0.39, 0.29) is 11.3 Å². The first kappa shape index (κ1) is 17.8. The van der Waals surface area contributed by atoms with Gasteiger partial charge in [-0.2, -0.15) is 0 Å². The Hall–Kier alpha value is -2.05. The first-order chi connectivity index (χ1) is 11.7. The predicted molar refractivity (Wildman–Crippen MR) is 99.1 cm³/mol. The standard InChI is InChI=1S/C18H18ClNO4S/c1-18(2,3)14(21)9-15-20-17(22)13(25-15)8-10-6-11(19)16-12(7-10)23-4-5-24-16/h6-9H,4-5H2,1-3H3,(H,20,22)/b13-8+,15-9+. The zero-order valence-electron chi connectivity index (χ0n) is 14.1. The molecule has 0 aliphatic carbocycles. The van der Waals surface area contributed by atoms with Gasteiger partial charge in [-0.3, -0.25) is 9.59 Å². The van der Waals surface area contributed by atoms with Crippen molar-refractivity contribution in [1.29, 1.82) is 0 Å². The summed E-state index contributed by atoms with van der Waals surface area (Å²) in [6.45, 7) is 6.42. The third-order valence-electron chi connectivity index (χ3n) is 3.60. The maximum atomic E-state index is 12.2. The van der Waals surface area contributed by atoms with Gasteiger partial charge in [0.2, 0.25) is 0 Å². The summed E-state index contributed by atoms with van der Waals surface area (Å²) in [5, 5.41) is 0.436. The van der Waals surface area contributed by atoms with Gasteiger partial charge in [-0.25, -0.2) is 0 Å². The molecule has 1 N–H and O–H groups in total. The lowest BCUT2D eigenvalue weighted by atomic mass is 9.91. The molecule has 7 heteroatoms. The molecule has 0 bridgehead atoms. The van der Waals surface area contributed by atoms with Crippen molar-refractivity contribution in [3.05, 3.63) is 42.3 Å². The van der Waals surface area contributed by atoms with Crippen molar-refractivity contribution in [3.63, 3.8) is 0 Å². The van der Waals surface area contributed by atoms with E-state index < -0.39 is 5.41 Å². The van der Waals surface area contributed by atoms with Gasteiger partial charge in [-0.1, -0.05) is 32.4 Å². The Morgan fingerprint density at radius 2 is 2.00 bits per heavy atom. The number of hydrogen-bond donors (Lipinski definition) is 1. The molecule has 2 aromatic rings. The summed E-state index contributed by atoms with van der Waals surface area (Å²) in [5.41, 5.74) is -0.00652. The molecular weight excluding hydrogens is 362 g/mol. The zero-order chi connectivity index (χ0) is 18.2. The summed E-state index contributed by atoms with van der Waals surface area (Å²) in [6, 6.07) is 3.50. The number of Topliss-reactive ketones (excluding diaryl/α,β-unsaturated/α-hetero) is 1. The number of ketones is 1. The van der Waals surface area contributed by atoms with Crippen LogP contribution < -0.4 is 24.2 Å². The van der Waals surface area contributed by atoms with Crippen LogP contribution in [0.15, 0.2) is 16.9 Å². The summed E-state index contributed by atoms with van der Waals surface area (Å²) in [7, 11) is 0. The number of benzene rings is 1. The van der Waals surface area contributed by atoms with Gasteiger partial charge in [0.25, 0.3) is 5.56 Å². The minimum absolute atomic E-state index is 0.0427. The van der Waals surface area contributed by atoms with Crippen LogP contribution in [0.4, 0.5) is 0 Å². The Labute approximate surface area is 153 Å². The number of ether oxygens (including phenoxy) is 2. The highest BCUT2D eigenvalue weighted by Crippen LogP contribution is 2.38. The van der Waals surface area contributed by atoms with E-state index in [0.29, 0.717) is 38.9 Å². The molecule has 0 radical (unpaired) electrons. The van der Waals surface area contributed by atoms with Gasteiger partial charge in [0.15, 0.2) is 17.3 Å². The van der Waals surface area contributed by atoms with Crippen LogP contribution in [0.5, 0.6) is 11.5 Å². The molecule has 3 rings (SSSR count). The van der Waals surface area contributed by atoms with Gasteiger partial charge in [-0.05, 0) is 23.8 Å². The average Bonchev–Trinajstić information content (AvgIpc) is 2.86. The molecule has 0 atom stereocenters. The second-order valence-electron chi connectivity index (χ2n) is 6.71. The lowest BCUT2D eigenvalue weighted by molar-refractivity contribution is -0.119. The monoisotopic (exact) mass is 379 g/mol. The number of halogens is 1. The molecule has 0 saturated heterocycles. The van der Waals surface area contributed by atoms with Crippen LogP contribution in [0, 0.1) is 5.41 Å². The lowest BCUT2D eigenvalue weighted by Gasteiger charge is -2.19. The number of hydrogen-bond acceptors (Lipinski definition) is 5. The van der Waals surface area contributed by atoms with Gasteiger partial charge in [0.1, 0.15) is 13.2 Å². The van der Waals surface area contributed by atoms with Crippen molar-refractivity contribution >= 4 is 40.9 Å². The van der Waals surface area contributed by atoms with E-state index in [0.717, 1.165) is 5.56 Å². The highest BCUT2D eigenvalue weighted by molar-refractivity contribution is 7.07. The highest BCUT2D eigenvalue weighted by atomic mass is 35.5. The average molecular weight is 380 g/mol. The van der Waals surface area contributed by atoms with Crippen molar-refractivity contribution in [2.24, 2.45) is 5.41 Å². The van der Waals surface area contributed by atoms with Crippen LogP contribution in [-0.2, 0) is 4.79 Å². The number of H-pyrrole nitrogens is 1. The summed E-state index contributed by atoms with van der Waals surface area (Å²) in [4.78, 5) is 27.0. The molecule has 0 unspecified atom stereocenters. The smallest absolute Gasteiger partial charge is 0.266 e. The number of carbonyl (C=O) groups excluding carboxylic acids is 1. The molecule has 5 nitrogen and oxygen atoms in total. The largest absolute Gasteiger partial charge is 0.486 e. The Bertz CT molecular complexity index is 998. The van der Waals surface area contributed by atoms with Crippen LogP contribution in [0.2, 0.25) is 5.02 Å². The van der Waals surface area contributed by atoms with Gasteiger partial charge >= 0.3 is 0 Å². The molecule has 1 aromatic carbocycles. The molecule has 0 spiro atoms. The molecule has 0 fully saturated rings. The normalized spacial score (nSPS) is 15.5. The van der Waals surface area contributed by atoms with E-state index >= 15 is 0 Å². The molecule has 2 heterocycles. The van der Waals surface area contributed by atoms with Crippen molar-refractivity contribution in [2.45, 2.75) is 20.8 Å². The van der Waals surface area contributed by atoms with Crippen molar-refractivity contribution in [3.8, 4) is 11.5 Å². The molecule has 0 amide bonds.